The van der Waals surface area contributed by atoms with E-state index in [1.807, 2.05) is 20.8 Å². The maximum absolute atomic E-state index is 12.0. The SMILES string of the molecule is CCNC(=NCc1ncc(C(C)(C)C)o1)NC(C)c1nc(C)c(C(=O)OCC)s1.I. The van der Waals surface area contributed by atoms with Gasteiger partial charge in [0, 0.05) is 12.0 Å². The number of aryl methyl sites for hydroxylation is 1. The highest BCUT2D eigenvalue weighted by Gasteiger charge is 2.21. The number of nitrogens with zero attached hydrogens (tertiary/aromatic N) is 3. The van der Waals surface area contributed by atoms with Crippen LogP contribution in [0.4, 0.5) is 0 Å². The van der Waals surface area contributed by atoms with Crippen molar-refractivity contribution in [2.24, 2.45) is 4.99 Å². The van der Waals surface area contributed by atoms with E-state index in [-0.39, 0.29) is 41.4 Å². The summed E-state index contributed by atoms with van der Waals surface area (Å²) in [5, 5.41) is 7.32. The normalized spacial score (nSPS) is 12.8. The molecule has 0 amide bonds. The molecule has 2 aromatic rings. The molecule has 0 saturated carbocycles. The van der Waals surface area contributed by atoms with E-state index in [2.05, 4.69) is 46.4 Å². The van der Waals surface area contributed by atoms with Crippen LogP contribution in [0.5, 0.6) is 0 Å². The second-order valence-corrected chi connectivity index (χ2v) is 8.65. The second kappa shape index (κ2) is 11.6. The van der Waals surface area contributed by atoms with Gasteiger partial charge in [-0.05, 0) is 27.7 Å². The minimum absolute atomic E-state index is 0. The largest absolute Gasteiger partial charge is 0.462 e. The molecule has 2 heterocycles. The van der Waals surface area contributed by atoms with Gasteiger partial charge in [-0.15, -0.1) is 35.3 Å². The lowest BCUT2D eigenvalue weighted by atomic mass is 9.94. The van der Waals surface area contributed by atoms with Crippen molar-refractivity contribution in [3.8, 4) is 0 Å². The number of halogens is 1. The predicted molar refractivity (Wildman–Crippen MR) is 130 cm³/mol. The van der Waals surface area contributed by atoms with Crippen LogP contribution in [0.3, 0.4) is 0 Å². The van der Waals surface area contributed by atoms with E-state index in [1.54, 1.807) is 13.1 Å². The minimum atomic E-state index is -0.333. The van der Waals surface area contributed by atoms with Gasteiger partial charge in [-0.3, -0.25) is 0 Å². The van der Waals surface area contributed by atoms with Crippen molar-refractivity contribution in [3.05, 3.63) is 33.4 Å². The molecule has 0 aliphatic carbocycles. The molecule has 2 N–H and O–H groups in total. The van der Waals surface area contributed by atoms with E-state index in [0.717, 1.165) is 10.8 Å². The molecule has 0 bridgehead atoms. The fourth-order valence-electron chi connectivity index (χ4n) is 2.45. The molecular formula is C20H32IN5O3S. The molecule has 30 heavy (non-hydrogen) atoms. The number of oxazole rings is 1. The number of aliphatic imine (C=N–C) groups is 1. The molecule has 2 rings (SSSR count). The molecule has 8 nitrogen and oxygen atoms in total. The average molecular weight is 549 g/mol. The van der Waals surface area contributed by atoms with E-state index in [1.165, 1.54) is 11.3 Å². The maximum atomic E-state index is 12.0. The van der Waals surface area contributed by atoms with Crippen LogP contribution in [0.25, 0.3) is 0 Å². The van der Waals surface area contributed by atoms with Crippen molar-refractivity contribution >= 4 is 47.2 Å². The lowest BCUT2D eigenvalue weighted by molar-refractivity contribution is 0.0531. The van der Waals surface area contributed by atoms with Gasteiger partial charge in [0.2, 0.25) is 5.89 Å². The summed E-state index contributed by atoms with van der Waals surface area (Å²) in [5.74, 6) is 1.69. The molecule has 0 aromatic carbocycles. The lowest BCUT2D eigenvalue weighted by Gasteiger charge is -2.15. The number of carbonyl (C=O) groups is 1. The number of nitrogens with one attached hydrogen (secondary N) is 2. The summed E-state index contributed by atoms with van der Waals surface area (Å²) in [6, 6.07) is -0.130. The first-order chi connectivity index (χ1) is 13.7. The monoisotopic (exact) mass is 549 g/mol. The van der Waals surface area contributed by atoms with Crippen LogP contribution >= 0.6 is 35.3 Å². The number of hydrogen-bond acceptors (Lipinski definition) is 7. The van der Waals surface area contributed by atoms with Gasteiger partial charge in [-0.25, -0.2) is 19.8 Å². The molecule has 10 heteroatoms. The number of guanidine groups is 1. The predicted octanol–water partition coefficient (Wildman–Crippen LogP) is 4.35. The number of rotatable bonds is 7. The Bertz CT molecular complexity index is 857. The molecule has 0 fully saturated rings. The average Bonchev–Trinajstić information content (AvgIpc) is 3.26. The topological polar surface area (TPSA) is 102 Å². The van der Waals surface area contributed by atoms with Crippen LogP contribution in [0, 0.1) is 6.92 Å². The Morgan fingerprint density at radius 1 is 1.37 bits per heavy atom. The maximum Gasteiger partial charge on any atom is 0.350 e. The van der Waals surface area contributed by atoms with Gasteiger partial charge >= 0.3 is 5.97 Å². The minimum Gasteiger partial charge on any atom is -0.462 e. The number of carbonyl (C=O) groups excluding carboxylic acids is 1. The standard InChI is InChI=1S/C20H31N5O3S.HI/c1-8-21-19(23-11-15-22-10-14(28-15)20(5,6)7)25-13(4)17-24-12(3)16(29-17)18(26)27-9-2;/h10,13H,8-9,11H2,1-7H3,(H2,21,23,25);1H. The van der Waals surface area contributed by atoms with Crippen LogP contribution in [-0.4, -0.2) is 35.0 Å². The van der Waals surface area contributed by atoms with Gasteiger partial charge in [0.25, 0.3) is 0 Å². The Morgan fingerprint density at radius 3 is 2.63 bits per heavy atom. The van der Waals surface area contributed by atoms with Crippen molar-refractivity contribution in [1.29, 1.82) is 0 Å². The van der Waals surface area contributed by atoms with Crippen molar-refractivity contribution in [2.75, 3.05) is 13.2 Å². The van der Waals surface area contributed by atoms with E-state index in [9.17, 15) is 4.79 Å². The van der Waals surface area contributed by atoms with E-state index in [0.29, 0.717) is 42.1 Å². The number of esters is 1. The Morgan fingerprint density at radius 2 is 2.07 bits per heavy atom. The van der Waals surface area contributed by atoms with Crippen LogP contribution < -0.4 is 10.6 Å². The molecular weight excluding hydrogens is 517 g/mol. The summed E-state index contributed by atoms with van der Waals surface area (Å²) < 4.78 is 10.9. The third kappa shape index (κ3) is 7.22. The molecule has 168 valence electrons. The molecule has 0 aliphatic heterocycles. The molecule has 0 radical (unpaired) electrons. The molecule has 0 aliphatic rings. The number of thiazole rings is 1. The van der Waals surface area contributed by atoms with Crippen LogP contribution in [0.15, 0.2) is 15.6 Å². The first-order valence-corrected chi connectivity index (χ1v) is 10.6. The number of aromatic nitrogens is 2. The van der Waals surface area contributed by atoms with Crippen LogP contribution in [0.2, 0.25) is 0 Å². The van der Waals surface area contributed by atoms with Crippen molar-refractivity contribution < 1.29 is 13.9 Å². The third-order valence-electron chi connectivity index (χ3n) is 4.01. The summed E-state index contributed by atoms with van der Waals surface area (Å²) in [5.41, 5.74) is 0.583. The summed E-state index contributed by atoms with van der Waals surface area (Å²) in [6.45, 7) is 15.2. The van der Waals surface area contributed by atoms with Gasteiger partial charge in [-0.2, -0.15) is 0 Å². The fourth-order valence-corrected chi connectivity index (χ4v) is 3.42. The molecule has 2 aromatic heterocycles. The van der Waals surface area contributed by atoms with Gasteiger partial charge in [-0.1, -0.05) is 20.8 Å². The molecule has 0 saturated heterocycles. The third-order valence-corrected chi connectivity index (χ3v) is 5.33. The zero-order valence-corrected chi connectivity index (χ0v) is 21.8. The highest BCUT2D eigenvalue weighted by Crippen LogP contribution is 2.25. The summed E-state index contributed by atoms with van der Waals surface area (Å²) >= 11 is 1.33. The zero-order valence-electron chi connectivity index (χ0n) is 18.7. The van der Waals surface area contributed by atoms with Crippen molar-refractivity contribution in [1.82, 2.24) is 20.6 Å². The first kappa shape index (κ1) is 26.3. The van der Waals surface area contributed by atoms with Crippen LogP contribution in [-0.2, 0) is 16.7 Å². The molecule has 1 unspecified atom stereocenters. The number of ether oxygens (including phenoxy) is 1. The zero-order chi connectivity index (χ0) is 21.6. The smallest absolute Gasteiger partial charge is 0.350 e. The Balaban J connectivity index is 0.00000450. The lowest BCUT2D eigenvalue weighted by Crippen LogP contribution is -2.38. The first-order valence-electron chi connectivity index (χ1n) is 9.80. The highest BCUT2D eigenvalue weighted by atomic mass is 127. The molecule has 0 spiro atoms. The Kier molecular flexibility index (Phi) is 10.2. The highest BCUT2D eigenvalue weighted by molar-refractivity contribution is 14.0. The fraction of sp³-hybridized carbons (Fsp3) is 0.600. The summed E-state index contributed by atoms with van der Waals surface area (Å²) in [7, 11) is 0. The van der Waals surface area contributed by atoms with Crippen molar-refractivity contribution in [2.45, 2.75) is 66.5 Å². The summed E-state index contributed by atoms with van der Waals surface area (Å²) in [4.78, 5) is 26.0. The van der Waals surface area contributed by atoms with Gasteiger partial charge < -0.3 is 19.8 Å². The van der Waals surface area contributed by atoms with Crippen LogP contribution in [0.1, 0.15) is 79.6 Å². The van der Waals surface area contributed by atoms with E-state index >= 15 is 0 Å². The van der Waals surface area contributed by atoms with E-state index < -0.39 is 0 Å². The second-order valence-electron chi connectivity index (χ2n) is 7.62. The van der Waals surface area contributed by atoms with Crippen molar-refractivity contribution in [3.63, 3.8) is 0 Å². The molecule has 1 atom stereocenters. The summed E-state index contributed by atoms with van der Waals surface area (Å²) in [6.07, 6.45) is 1.75. The van der Waals surface area contributed by atoms with Gasteiger partial charge in [0.05, 0.1) is 24.5 Å². The quantitative estimate of drug-likeness (QED) is 0.229. The van der Waals surface area contributed by atoms with Gasteiger partial charge in [0.15, 0.2) is 5.96 Å². The Labute approximate surface area is 199 Å². The van der Waals surface area contributed by atoms with Gasteiger partial charge in [0.1, 0.15) is 22.2 Å². The number of hydrogen-bond donors (Lipinski definition) is 2. The van der Waals surface area contributed by atoms with E-state index in [4.69, 9.17) is 9.15 Å². The Hall–Kier alpha value is -1.69.